The molecule has 30 heavy (non-hydrogen) atoms. The largest absolute Gasteiger partial charge is 0.391 e. The second-order valence-electron chi connectivity index (χ2n) is 7.63. The van der Waals surface area contributed by atoms with E-state index in [0.717, 1.165) is 42.5 Å². The predicted molar refractivity (Wildman–Crippen MR) is 113 cm³/mol. The van der Waals surface area contributed by atoms with E-state index in [-0.39, 0.29) is 11.6 Å². The van der Waals surface area contributed by atoms with Crippen molar-refractivity contribution in [3.8, 4) is 22.8 Å². The summed E-state index contributed by atoms with van der Waals surface area (Å²) in [5.74, 6) is 0.613. The summed E-state index contributed by atoms with van der Waals surface area (Å²) >= 11 is 0. The quantitative estimate of drug-likeness (QED) is 0.599. The van der Waals surface area contributed by atoms with Gasteiger partial charge in [-0.05, 0) is 37.5 Å². The number of nitrogens with two attached hydrogens (primary N) is 1. The number of rotatable bonds is 5. The van der Waals surface area contributed by atoms with Crippen LogP contribution in [-0.4, -0.2) is 36.9 Å². The van der Waals surface area contributed by atoms with Gasteiger partial charge >= 0.3 is 0 Å². The van der Waals surface area contributed by atoms with Gasteiger partial charge in [0.05, 0.1) is 12.1 Å². The van der Waals surface area contributed by atoms with Crippen LogP contribution in [0.2, 0.25) is 0 Å². The second kappa shape index (κ2) is 8.23. The predicted octanol–water partition coefficient (Wildman–Crippen LogP) is 2.44. The average molecular weight is 407 g/mol. The molecule has 156 valence electrons. The Labute approximate surface area is 173 Å². The molecule has 0 aliphatic heterocycles. The van der Waals surface area contributed by atoms with Crippen molar-refractivity contribution < 1.29 is 9.90 Å². The van der Waals surface area contributed by atoms with E-state index < -0.39 is 12.0 Å². The number of pyridine rings is 1. The van der Waals surface area contributed by atoms with Gasteiger partial charge in [0.2, 0.25) is 11.5 Å². The molecule has 1 saturated carbocycles. The molecule has 8 nitrogen and oxygen atoms in total. The number of hydrogen-bond donors (Lipinski definition) is 3. The Bertz CT molecular complexity index is 1120. The maximum Gasteiger partial charge on any atom is 0.248 e. The fraction of sp³-hybridized carbons (Fsp3) is 0.364. The van der Waals surface area contributed by atoms with Crippen LogP contribution in [0.1, 0.15) is 54.7 Å². The first-order chi connectivity index (χ1) is 14.5. The van der Waals surface area contributed by atoms with E-state index in [1.54, 1.807) is 35.0 Å². The highest BCUT2D eigenvalue weighted by atomic mass is 16.3. The summed E-state index contributed by atoms with van der Waals surface area (Å²) in [5, 5.41) is 15.4. The monoisotopic (exact) mass is 407 g/mol. The zero-order valence-corrected chi connectivity index (χ0v) is 16.8. The standard InChI is InChI=1S/C22H25N5O3/c1-2-16-15(11-12-19(29)24-16)22-25-21(14-9-7-13(8-10-14)20(23)30)26-27(22)17-5-3-4-6-18(17)28/h7-12,17-18,28H,2-6H2,1H3,(H2,23,30)(H,24,29)/t17-,18-/m1/s1. The fourth-order valence-electron chi connectivity index (χ4n) is 4.03. The molecule has 0 saturated heterocycles. The number of amides is 1. The number of aryl methyl sites for hydroxylation is 1. The Morgan fingerprint density at radius 3 is 2.60 bits per heavy atom. The van der Waals surface area contributed by atoms with Crippen LogP contribution < -0.4 is 11.3 Å². The summed E-state index contributed by atoms with van der Waals surface area (Å²) in [6.07, 6.45) is 3.66. The SMILES string of the molecule is CCc1[nH]c(=O)ccc1-c1nc(-c2ccc(C(N)=O)cc2)nn1[C@@H]1CCCC[C@H]1O. The van der Waals surface area contributed by atoms with Gasteiger partial charge in [0.15, 0.2) is 11.6 Å². The van der Waals surface area contributed by atoms with Gasteiger partial charge in [-0.2, -0.15) is 5.10 Å². The zero-order chi connectivity index (χ0) is 21.3. The molecule has 2 aromatic heterocycles. The Balaban J connectivity index is 1.85. The van der Waals surface area contributed by atoms with E-state index in [0.29, 0.717) is 23.6 Å². The van der Waals surface area contributed by atoms with E-state index >= 15 is 0 Å². The molecule has 0 radical (unpaired) electrons. The highest BCUT2D eigenvalue weighted by molar-refractivity contribution is 5.93. The molecule has 1 aliphatic carbocycles. The lowest BCUT2D eigenvalue weighted by Gasteiger charge is -2.28. The van der Waals surface area contributed by atoms with Gasteiger partial charge < -0.3 is 15.8 Å². The number of aromatic amines is 1. The Kier molecular flexibility index (Phi) is 5.50. The van der Waals surface area contributed by atoms with Crippen molar-refractivity contribution in [3.05, 3.63) is 58.0 Å². The third-order valence-corrected chi connectivity index (χ3v) is 5.66. The van der Waals surface area contributed by atoms with Gasteiger partial charge in [-0.15, -0.1) is 0 Å². The van der Waals surface area contributed by atoms with E-state index in [2.05, 4.69) is 4.98 Å². The van der Waals surface area contributed by atoms with Crippen molar-refractivity contribution >= 4 is 5.91 Å². The average Bonchev–Trinajstić information content (AvgIpc) is 3.19. The van der Waals surface area contributed by atoms with Crippen LogP contribution in [-0.2, 0) is 6.42 Å². The molecule has 1 amide bonds. The first-order valence-electron chi connectivity index (χ1n) is 10.3. The lowest BCUT2D eigenvalue weighted by Crippen LogP contribution is -2.29. The first kappa shape index (κ1) is 20.0. The molecule has 0 spiro atoms. The summed E-state index contributed by atoms with van der Waals surface area (Å²) in [4.78, 5) is 30.8. The van der Waals surface area contributed by atoms with Crippen molar-refractivity contribution in [1.29, 1.82) is 0 Å². The van der Waals surface area contributed by atoms with E-state index in [1.165, 1.54) is 6.07 Å². The van der Waals surface area contributed by atoms with E-state index in [9.17, 15) is 14.7 Å². The van der Waals surface area contributed by atoms with Crippen molar-refractivity contribution in [1.82, 2.24) is 19.7 Å². The van der Waals surface area contributed by atoms with Crippen LogP contribution >= 0.6 is 0 Å². The van der Waals surface area contributed by atoms with Gasteiger partial charge in [-0.1, -0.05) is 31.9 Å². The molecule has 8 heteroatoms. The van der Waals surface area contributed by atoms with Crippen LogP contribution in [0.5, 0.6) is 0 Å². The van der Waals surface area contributed by atoms with Crippen LogP contribution in [0, 0.1) is 0 Å². The number of benzene rings is 1. The molecular formula is C22H25N5O3. The van der Waals surface area contributed by atoms with Crippen LogP contribution in [0.25, 0.3) is 22.8 Å². The number of carbonyl (C=O) groups excluding carboxylic acids is 1. The number of H-pyrrole nitrogens is 1. The van der Waals surface area contributed by atoms with Gasteiger partial charge in [-0.3, -0.25) is 9.59 Å². The van der Waals surface area contributed by atoms with Crippen molar-refractivity contribution in [2.45, 2.75) is 51.2 Å². The molecule has 4 rings (SSSR count). The second-order valence-corrected chi connectivity index (χ2v) is 7.63. The molecular weight excluding hydrogens is 382 g/mol. The summed E-state index contributed by atoms with van der Waals surface area (Å²) in [6, 6.07) is 9.86. The number of aliphatic hydroxyl groups is 1. The molecule has 2 heterocycles. The highest BCUT2D eigenvalue weighted by Gasteiger charge is 2.29. The minimum Gasteiger partial charge on any atom is -0.391 e. The summed E-state index contributed by atoms with van der Waals surface area (Å²) in [6.45, 7) is 1.97. The normalized spacial score (nSPS) is 19.0. The topological polar surface area (TPSA) is 127 Å². The van der Waals surface area contributed by atoms with Gasteiger partial charge in [0, 0.05) is 28.5 Å². The molecule has 2 atom stereocenters. The number of nitrogens with one attached hydrogen (secondary N) is 1. The van der Waals surface area contributed by atoms with Gasteiger partial charge in [-0.25, -0.2) is 9.67 Å². The van der Waals surface area contributed by atoms with Gasteiger partial charge in [0.25, 0.3) is 0 Å². The lowest BCUT2D eigenvalue weighted by atomic mass is 9.92. The lowest BCUT2D eigenvalue weighted by molar-refractivity contribution is 0.0702. The summed E-state index contributed by atoms with van der Waals surface area (Å²) in [7, 11) is 0. The first-order valence-corrected chi connectivity index (χ1v) is 10.3. The number of aliphatic hydroxyl groups excluding tert-OH is 1. The number of nitrogens with zero attached hydrogens (tertiary/aromatic N) is 3. The summed E-state index contributed by atoms with van der Waals surface area (Å²) in [5.41, 5.74) is 7.89. The molecule has 0 bridgehead atoms. The Hall–Kier alpha value is -3.26. The van der Waals surface area contributed by atoms with Crippen molar-refractivity contribution in [3.63, 3.8) is 0 Å². The minimum atomic E-state index is -0.503. The number of hydrogen-bond acceptors (Lipinski definition) is 5. The van der Waals surface area contributed by atoms with Gasteiger partial charge in [0.1, 0.15) is 0 Å². The van der Waals surface area contributed by atoms with Crippen molar-refractivity contribution in [2.75, 3.05) is 0 Å². The van der Waals surface area contributed by atoms with Crippen LogP contribution in [0.15, 0.2) is 41.2 Å². The van der Waals surface area contributed by atoms with Crippen molar-refractivity contribution in [2.24, 2.45) is 5.73 Å². The molecule has 0 unspecified atom stereocenters. The van der Waals surface area contributed by atoms with Crippen LogP contribution in [0.4, 0.5) is 0 Å². The molecule has 1 fully saturated rings. The van der Waals surface area contributed by atoms with E-state index in [4.69, 9.17) is 15.8 Å². The smallest absolute Gasteiger partial charge is 0.248 e. The van der Waals surface area contributed by atoms with Crippen LogP contribution in [0.3, 0.4) is 0 Å². The molecule has 3 aromatic rings. The summed E-state index contributed by atoms with van der Waals surface area (Å²) < 4.78 is 1.80. The number of carbonyl (C=O) groups is 1. The maximum absolute atomic E-state index is 11.8. The maximum atomic E-state index is 11.8. The Morgan fingerprint density at radius 1 is 1.20 bits per heavy atom. The number of aromatic nitrogens is 4. The minimum absolute atomic E-state index is 0.165. The molecule has 4 N–H and O–H groups in total. The Morgan fingerprint density at radius 2 is 1.93 bits per heavy atom. The molecule has 1 aromatic carbocycles. The third kappa shape index (κ3) is 3.78. The molecule has 1 aliphatic rings. The number of primary amides is 1. The highest BCUT2D eigenvalue weighted by Crippen LogP contribution is 2.34. The zero-order valence-electron chi connectivity index (χ0n) is 16.8. The third-order valence-electron chi connectivity index (χ3n) is 5.66. The van der Waals surface area contributed by atoms with E-state index in [1.807, 2.05) is 6.92 Å². The fourth-order valence-corrected chi connectivity index (χ4v) is 4.03.